The summed E-state index contributed by atoms with van der Waals surface area (Å²) in [6, 6.07) is 4.87. The summed E-state index contributed by atoms with van der Waals surface area (Å²) in [5, 5.41) is 11.9. The van der Waals surface area contributed by atoms with Gasteiger partial charge in [-0.25, -0.2) is 4.79 Å². The average Bonchev–Trinajstić information content (AvgIpc) is 2.37. The van der Waals surface area contributed by atoms with Crippen molar-refractivity contribution in [3.63, 3.8) is 0 Å². The van der Waals surface area contributed by atoms with Gasteiger partial charge in [-0.2, -0.15) is 0 Å². The maximum absolute atomic E-state index is 11.8. The number of hydrogen-bond donors (Lipinski definition) is 2. The van der Waals surface area contributed by atoms with Crippen LogP contribution in [0.5, 0.6) is 5.75 Å². The molecule has 0 fully saturated rings. The van der Waals surface area contributed by atoms with Crippen LogP contribution in [0.15, 0.2) is 18.2 Å². The van der Waals surface area contributed by atoms with Crippen LogP contribution in [0.3, 0.4) is 0 Å². The van der Waals surface area contributed by atoms with E-state index in [2.05, 4.69) is 5.32 Å². The monoisotopic (exact) mass is 309 g/mol. The third-order valence-electron chi connectivity index (χ3n) is 2.96. The van der Waals surface area contributed by atoms with E-state index in [1.807, 2.05) is 0 Å². The van der Waals surface area contributed by atoms with E-state index in [4.69, 9.17) is 9.47 Å². The Kier molecular flexibility index (Phi) is 5.79. The number of carbonyl (C=O) groups is 2. The molecule has 1 rings (SSSR count). The minimum Gasteiger partial charge on any atom is -0.496 e. The van der Waals surface area contributed by atoms with Crippen LogP contribution in [0.4, 0.5) is 10.5 Å². The molecule has 0 aliphatic rings. The van der Waals surface area contributed by atoms with Crippen molar-refractivity contribution in [2.45, 2.75) is 45.6 Å². The number of anilines is 1. The van der Waals surface area contributed by atoms with Crippen molar-refractivity contribution < 1.29 is 24.2 Å². The third-order valence-corrected chi connectivity index (χ3v) is 2.96. The maximum Gasteiger partial charge on any atom is 0.412 e. The average molecular weight is 309 g/mol. The Morgan fingerprint density at radius 3 is 2.41 bits per heavy atom. The van der Waals surface area contributed by atoms with E-state index in [1.54, 1.807) is 45.9 Å². The summed E-state index contributed by atoms with van der Waals surface area (Å²) in [5.41, 5.74) is 0.377. The Balaban J connectivity index is 3.04. The van der Waals surface area contributed by atoms with E-state index in [0.717, 1.165) is 0 Å². The first-order chi connectivity index (χ1) is 10.2. The summed E-state index contributed by atoms with van der Waals surface area (Å²) in [4.78, 5) is 23.1. The number of hydrogen-bond acceptors (Lipinski definition) is 4. The van der Waals surface area contributed by atoms with Gasteiger partial charge in [-0.15, -0.1) is 0 Å². The number of benzene rings is 1. The van der Waals surface area contributed by atoms with Gasteiger partial charge in [-0.05, 0) is 45.4 Å². The van der Waals surface area contributed by atoms with Crippen LogP contribution < -0.4 is 10.1 Å². The number of amides is 1. The molecule has 1 aromatic rings. The molecule has 1 unspecified atom stereocenters. The predicted octanol–water partition coefficient (Wildman–Crippen LogP) is 3.62. The van der Waals surface area contributed by atoms with Gasteiger partial charge in [0.25, 0.3) is 0 Å². The highest BCUT2D eigenvalue weighted by Gasteiger charge is 2.23. The zero-order valence-corrected chi connectivity index (χ0v) is 13.6. The van der Waals surface area contributed by atoms with E-state index in [-0.39, 0.29) is 0 Å². The number of methoxy groups -OCH3 is 1. The minimum atomic E-state index is -0.935. The number of nitrogens with one attached hydrogen (secondary N) is 1. The Labute approximate surface area is 130 Å². The number of carboxylic acids is 1. The molecule has 1 aromatic carbocycles. The molecule has 0 radical (unpaired) electrons. The number of rotatable bonds is 5. The molecule has 6 heteroatoms. The zero-order chi connectivity index (χ0) is 16.9. The first-order valence-corrected chi connectivity index (χ1v) is 7.08. The first kappa shape index (κ1) is 17.8. The summed E-state index contributed by atoms with van der Waals surface area (Å²) in [6.07, 6.45) is -0.173. The van der Waals surface area contributed by atoms with E-state index < -0.39 is 23.6 Å². The van der Waals surface area contributed by atoms with Crippen molar-refractivity contribution in [3.8, 4) is 5.75 Å². The Bertz CT molecular complexity index is 548. The minimum absolute atomic E-state index is 0.418. The van der Waals surface area contributed by atoms with Gasteiger partial charge in [0, 0.05) is 11.3 Å². The second-order valence-corrected chi connectivity index (χ2v) is 5.88. The van der Waals surface area contributed by atoms with Crippen LogP contribution in [-0.2, 0) is 9.53 Å². The molecule has 0 heterocycles. The topological polar surface area (TPSA) is 84.9 Å². The Morgan fingerprint density at radius 1 is 1.32 bits per heavy atom. The smallest absolute Gasteiger partial charge is 0.412 e. The lowest BCUT2D eigenvalue weighted by molar-refractivity contribution is -0.138. The summed E-state index contributed by atoms with van der Waals surface area (Å²) < 4.78 is 10.4. The van der Waals surface area contributed by atoms with Gasteiger partial charge in [0.15, 0.2) is 0 Å². The lowest BCUT2D eigenvalue weighted by Gasteiger charge is -2.20. The van der Waals surface area contributed by atoms with Crippen LogP contribution in [0.2, 0.25) is 0 Å². The number of aliphatic carboxylic acids is 1. The summed E-state index contributed by atoms with van der Waals surface area (Å²) in [5.74, 6) is -1.16. The quantitative estimate of drug-likeness (QED) is 0.867. The van der Waals surface area contributed by atoms with Crippen molar-refractivity contribution in [3.05, 3.63) is 23.8 Å². The fourth-order valence-corrected chi connectivity index (χ4v) is 2.03. The normalized spacial score (nSPS) is 12.4. The molecule has 2 N–H and O–H groups in total. The molecule has 0 saturated heterocycles. The van der Waals surface area contributed by atoms with E-state index in [0.29, 0.717) is 23.4 Å². The molecule has 22 heavy (non-hydrogen) atoms. The van der Waals surface area contributed by atoms with Gasteiger partial charge < -0.3 is 14.6 Å². The van der Waals surface area contributed by atoms with Gasteiger partial charge in [-0.1, -0.05) is 6.92 Å². The van der Waals surface area contributed by atoms with Crippen LogP contribution in [0.1, 0.15) is 45.6 Å². The fourth-order valence-electron chi connectivity index (χ4n) is 2.03. The molecular weight excluding hydrogens is 286 g/mol. The molecule has 1 atom stereocenters. The predicted molar refractivity (Wildman–Crippen MR) is 83.5 cm³/mol. The Hall–Kier alpha value is -2.24. The molecule has 0 saturated carbocycles. The molecule has 122 valence electrons. The second kappa shape index (κ2) is 7.15. The Morgan fingerprint density at radius 2 is 1.95 bits per heavy atom. The van der Waals surface area contributed by atoms with Gasteiger partial charge >= 0.3 is 12.1 Å². The van der Waals surface area contributed by atoms with Crippen LogP contribution in [0, 0.1) is 0 Å². The standard InChI is InChI=1S/C16H23NO5/c1-6-11(14(18)19)12-9-10(7-8-13(12)21-5)17-15(20)22-16(2,3)4/h7-9,11H,6H2,1-5H3,(H,17,20)(H,18,19). The SMILES string of the molecule is CCC(C(=O)O)c1cc(NC(=O)OC(C)(C)C)ccc1OC. The molecule has 1 amide bonds. The summed E-state index contributed by atoms with van der Waals surface area (Å²) in [7, 11) is 1.48. The highest BCUT2D eigenvalue weighted by Crippen LogP contribution is 2.32. The maximum atomic E-state index is 11.8. The van der Waals surface area contributed by atoms with Crippen molar-refractivity contribution in [2.75, 3.05) is 12.4 Å². The van der Waals surface area contributed by atoms with Crippen molar-refractivity contribution in [1.29, 1.82) is 0 Å². The lowest BCUT2D eigenvalue weighted by Crippen LogP contribution is -2.27. The van der Waals surface area contributed by atoms with E-state index in [9.17, 15) is 14.7 Å². The molecule has 6 nitrogen and oxygen atoms in total. The molecule has 0 bridgehead atoms. The molecule has 0 aromatic heterocycles. The van der Waals surface area contributed by atoms with Crippen molar-refractivity contribution >= 4 is 17.7 Å². The summed E-state index contributed by atoms with van der Waals surface area (Å²) in [6.45, 7) is 7.09. The lowest BCUT2D eigenvalue weighted by atomic mass is 9.95. The molecule has 0 spiro atoms. The zero-order valence-electron chi connectivity index (χ0n) is 13.6. The first-order valence-electron chi connectivity index (χ1n) is 7.08. The van der Waals surface area contributed by atoms with Gasteiger partial charge in [0.05, 0.1) is 13.0 Å². The molecular formula is C16H23NO5. The van der Waals surface area contributed by atoms with Crippen molar-refractivity contribution in [2.24, 2.45) is 0 Å². The number of ether oxygens (including phenoxy) is 2. The molecule has 0 aliphatic carbocycles. The van der Waals surface area contributed by atoms with Crippen LogP contribution in [0.25, 0.3) is 0 Å². The van der Waals surface area contributed by atoms with Crippen LogP contribution >= 0.6 is 0 Å². The highest BCUT2D eigenvalue weighted by molar-refractivity contribution is 5.86. The third kappa shape index (κ3) is 4.95. The number of carbonyl (C=O) groups excluding carboxylic acids is 1. The fraction of sp³-hybridized carbons (Fsp3) is 0.500. The molecule has 0 aliphatic heterocycles. The van der Waals surface area contributed by atoms with E-state index >= 15 is 0 Å². The van der Waals surface area contributed by atoms with Gasteiger partial charge in [-0.3, -0.25) is 10.1 Å². The highest BCUT2D eigenvalue weighted by atomic mass is 16.6. The number of carboxylic acid groups (broad SMARTS) is 1. The summed E-state index contributed by atoms with van der Waals surface area (Å²) >= 11 is 0. The van der Waals surface area contributed by atoms with Gasteiger partial charge in [0.1, 0.15) is 11.4 Å². The van der Waals surface area contributed by atoms with Crippen molar-refractivity contribution in [1.82, 2.24) is 0 Å². The second-order valence-electron chi connectivity index (χ2n) is 5.88. The van der Waals surface area contributed by atoms with Crippen LogP contribution in [-0.4, -0.2) is 29.9 Å². The van der Waals surface area contributed by atoms with Gasteiger partial charge in [0.2, 0.25) is 0 Å². The van der Waals surface area contributed by atoms with E-state index in [1.165, 1.54) is 7.11 Å². The largest absolute Gasteiger partial charge is 0.496 e.